The summed E-state index contributed by atoms with van der Waals surface area (Å²) in [6, 6.07) is 0. The maximum absolute atomic E-state index is 4.06. The van der Waals surface area contributed by atoms with E-state index in [4.69, 9.17) is 0 Å². The maximum atomic E-state index is 4.06. The van der Waals surface area contributed by atoms with Crippen molar-refractivity contribution in [3.05, 3.63) is 5.82 Å². The lowest BCUT2D eigenvalue weighted by molar-refractivity contribution is 0.151. The van der Waals surface area contributed by atoms with E-state index in [2.05, 4.69) is 48.5 Å². The molecule has 0 aliphatic heterocycles. The average molecular weight is 197 g/mol. The van der Waals surface area contributed by atoms with Crippen molar-refractivity contribution in [2.45, 2.75) is 33.2 Å². The van der Waals surface area contributed by atoms with E-state index in [1.165, 1.54) is 0 Å². The Hall–Kier alpha value is -0.970. The van der Waals surface area contributed by atoms with E-state index in [1.807, 2.05) is 14.1 Å². The number of nitrogens with zero attached hydrogens (tertiary/aromatic N) is 4. The van der Waals surface area contributed by atoms with Crippen molar-refractivity contribution in [3.8, 4) is 0 Å². The van der Waals surface area contributed by atoms with Crippen molar-refractivity contribution in [1.82, 2.24) is 25.5 Å². The quantitative estimate of drug-likeness (QED) is 0.758. The molecule has 0 aliphatic rings. The Morgan fingerprint density at radius 2 is 1.79 bits per heavy atom. The van der Waals surface area contributed by atoms with Gasteiger partial charge in [0.2, 0.25) is 0 Å². The van der Waals surface area contributed by atoms with Crippen LogP contribution in [0.15, 0.2) is 0 Å². The van der Waals surface area contributed by atoms with Gasteiger partial charge in [-0.2, -0.15) is 0 Å². The maximum Gasteiger partial charge on any atom is 0.171 e. The van der Waals surface area contributed by atoms with Crippen molar-refractivity contribution in [1.29, 1.82) is 0 Å². The summed E-state index contributed by atoms with van der Waals surface area (Å²) >= 11 is 0. The molecule has 5 heteroatoms. The van der Waals surface area contributed by atoms with Crippen LogP contribution in [0.25, 0.3) is 0 Å². The van der Waals surface area contributed by atoms with E-state index in [-0.39, 0.29) is 11.0 Å². The zero-order valence-electron chi connectivity index (χ0n) is 9.79. The topological polar surface area (TPSA) is 55.6 Å². The number of hydrogen-bond acceptors (Lipinski definition) is 4. The van der Waals surface area contributed by atoms with Gasteiger partial charge in [-0.05, 0) is 29.8 Å². The van der Waals surface area contributed by atoms with Crippen LogP contribution in [0, 0.1) is 5.41 Å². The van der Waals surface area contributed by atoms with Crippen LogP contribution in [-0.2, 0) is 12.6 Å². The average Bonchev–Trinajstić information content (AvgIpc) is 2.48. The first-order valence-electron chi connectivity index (χ1n) is 4.74. The Morgan fingerprint density at radius 1 is 1.21 bits per heavy atom. The van der Waals surface area contributed by atoms with Crippen LogP contribution in [-0.4, -0.2) is 27.3 Å². The summed E-state index contributed by atoms with van der Waals surface area (Å²) in [6.45, 7) is 8.60. The molecule has 1 heterocycles. The van der Waals surface area contributed by atoms with E-state index in [1.54, 1.807) is 4.68 Å². The molecule has 1 aromatic heterocycles. The number of aromatic nitrogens is 4. The lowest BCUT2D eigenvalue weighted by Crippen LogP contribution is -2.49. The molecule has 0 fully saturated rings. The van der Waals surface area contributed by atoms with Crippen LogP contribution in [0.2, 0.25) is 0 Å². The summed E-state index contributed by atoms with van der Waals surface area (Å²) in [6.07, 6.45) is 0. The normalized spacial score (nSPS) is 16.7. The van der Waals surface area contributed by atoms with Gasteiger partial charge in [-0.15, -0.1) is 5.10 Å². The van der Waals surface area contributed by atoms with Gasteiger partial charge in [0.05, 0.1) is 5.54 Å². The summed E-state index contributed by atoms with van der Waals surface area (Å²) < 4.78 is 1.71. The van der Waals surface area contributed by atoms with Gasteiger partial charge in [0, 0.05) is 7.05 Å². The van der Waals surface area contributed by atoms with Gasteiger partial charge in [-0.1, -0.05) is 20.8 Å². The Labute approximate surface area is 84.9 Å². The molecule has 0 amide bonds. The minimum absolute atomic E-state index is 0.0459. The molecular weight excluding hydrogens is 178 g/mol. The zero-order chi connectivity index (χ0) is 11.0. The van der Waals surface area contributed by atoms with Gasteiger partial charge in [0.1, 0.15) is 0 Å². The summed E-state index contributed by atoms with van der Waals surface area (Å²) in [5.41, 5.74) is -0.185. The van der Waals surface area contributed by atoms with Crippen LogP contribution in [0.1, 0.15) is 33.5 Å². The fourth-order valence-corrected chi connectivity index (χ4v) is 1.48. The van der Waals surface area contributed by atoms with Crippen molar-refractivity contribution in [2.24, 2.45) is 12.5 Å². The van der Waals surface area contributed by atoms with Crippen molar-refractivity contribution < 1.29 is 0 Å². The summed E-state index contributed by atoms with van der Waals surface area (Å²) in [7, 11) is 3.79. The molecule has 80 valence electrons. The molecule has 14 heavy (non-hydrogen) atoms. The van der Waals surface area contributed by atoms with Gasteiger partial charge in [-0.3, -0.25) is 0 Å². The molecule has 0 aliphatic carbocycles. The van der Waals surface area contributed by atoms with Crippen LogP contribution in [0.5, 0.6) is 0 Å². The van der Waals surface area contributed by atoms with Crippen molar-refractivity contribution in [3.63, 3.8) is 0 Å². The lowest BCUT2D eigenvalue weighted by Gasteiger charge is -2.40. The fraction of sp³-hybridized carbons (Fsp3) is 0.889. The number of rotatable bonds is 2. The van der Waals surface area contributed by atoms with Gasteiger partial charge in [-0.25, -0.2) is 4.68 Å². The molecule has 0 bridgehead atoms. The number of aryl methyl sites for hydroxylation is 1. The fourth-order valence-electron chi connectivity index (χ4n) is 1.48. The summed E-state index contributed by atoms with van der Waals surface area (Å²) in [5, 5.41) is 14.9. The number of hydrogen-bond donors (Lipinski definition) is 1. The zero-order valence-corrected chi connectivity index (χ0v) is 9.79. The molecule has 5 nitrogen and oxygen atoms in total. The highest BCUT2D eigenvalue weighted by molar-refractivity contribution is 5.07. The molecule has 1 rings (SSSR count). The Morgan fingerprint density at radius 3 is 2.07 bits per heavy atom. The summed E-state index contributed by atoms with van der Waals surface area (Å²) in [4.78, 5) is 0. The minimum atomic E-state index is -0.231. The molecule has 1 N–H and O–H groups in total. The minimum Gasteiger partial charge on any atom is -0.308 e. The molecule has 0 saturated heterocycles. The second kappa shape index (κ2) is 3.31. The van der Waals surface area contributed by atoms with E-state index in [9.17, 15) is 0 Å². The SMILES string of the molecule is CN[C@@](C)(c1nnnn1C)C(C)(C)C. The number of nitrogens with one attached hydrogen (secondary N) is 1. The largest absolute Gasteiger partial charge is 0.308 e. The second-order valence-electron chi connectivity index (χ2n) is 4.75. The lowest BCUT2D eigenvalue weighted by atomic mass is 9.74. The monoisotopic (exact) mass is 197 g/mol. The molecule has 1 aromatic rings. The highest BCUT2D eigenvalue weighted by Crippen LogP contribution is 2.36. The number of tetrazole rings is 1. The highest BCUT2D eigenvalue weighted by atomic mass is 15.5. The second-order valence-corrected chi connectivity index (χ2v) is 4.75. The van der Waals surface area contributed by atoms with Crippen LogP contribution >= 0.6 is 0 Å². The van der Waals surface area contributed by atoms with Crippen LogP contribution < -0.4 is 5.32 Å². The molecule has 0 radical (unpaired) electrons. The van der Waals surface area contributed by atoms with Crippen molar-refractivity contribution >= 4 is 0 Å². The Balaban J connectivity index is 3.22. The van der Waals surface area contributed by atoms with Crippen LogP contribution in [0.3, 0.4) is 0 Å². The third kappa shape index (κ3) is 1.52. The van der Waals surface area contributed by atoms with E-state index in [0.717, 1.165) is 5.82 Å². The predicted molar refractivity (Wildman–Crippen MR) is 54.7 cm³/mol. The standard InChI is InChI=1S/C9H19N5/c1-8(2,3)9(4,10-5)7-11-12-13-14(7)6/h10H,1-6H3/t9-/m0/s1. The third-order valence-corrected chi connectivity index (χ3v) is 3.07. The van der Waals surface area contributed by atoms with Gasteiger partial charge in [0.25, 0.3) is 0 Å². The first-order valence-corrected chi connectivity index (χ1v) is 4.74. The van der Waals surface area contributed by atoms with Crippen LogP contribution in [0.4, 0.5) is 0 Å². The molecule has 1 atom stereocenters. The molecule has 0 unspecified atom stereocenters. The van der Waals surface area contributed by atoms with Crippen molar-refractivity contribution in [2.75, 3.05) is 7.05 Å². The molecular formula is C9H19N5. The highest BCUT2D eigenvalue weighted by Gasteiger charge is 2.41. The first-order chi connectivity index (χ1) is 6.33. The Bertz CT molecular complexity index is 311. The van der Waals surface area contributed by atoms with E-state index < -0.39 is 0 Å². The third-order valence-electron chi connectivity index (χ3n) is 3.07. The van der Waals surface area contributed by atoms with E-state index >= 15 is 0 Å². The van der Waals surface area contributed by atoms with E-state index in [0.29, 0.717) is 0 Å². The predicted octanol–water partition coefficient (Wildman–Crippen LogP) is 0.691. The molecule has 0 spiro atoms. The van der Waals surface area contributed by atoms with Gasteiger partial charge >= 0.3 is 0 Å². The molecule has 0 aromatic carbocycles. The summed E-state index contributed by atoms with van der Waals surface area (Å²) in [5.74, 6) is 0.854. The van der Waals surface area contributed by atoms with Gasteiger partial charge in [0.15, 0.2) is 5.82 Å². The van der Waals surface area contributed by atoms with Gasteiger partial charge < -0.3 is 5.32 Å². The molecule has 0 saturated carbocycles. The Kier molecular flexibility index (Phi) is 2.63. The smallest absolute Gasteiger partial charge is 0.171 e. The first kappa shape index (κ1) is 11.1.